The number of rotatable bonds is 6. The van der Waals surface area contributed by atoms with E-state index in [1.54, 1.807) is 31.0 Å². The van der Waals surface area contributed by atoms with Gasteiger partial charge in [-0.15, -0.1) is 0 Å². The summed E-state index contributed by atoms with van der Waals surface area (Å²) in [4.78, 5) is 12.1. The van der Waals surface area contributed by atoms with Crippen molar-refractivity contribution in [2.24, 2.45) is 7.05 Å². The van der Waals surface area contributed by atoms with Crippen molar-refractivity contribution >= 4 is 6.03 Å². The summed E-state index contributed by atoms with van der Waals surface area (Å²) in [5.74, 6) is 0. The highest BCUT2D eigenvalue weighted by atomic mass is 16.3. The molecule has 0 aliphatic heterocycles. The van der Waals surface area contributed by atoms with Gasteiger partial charge in [-0.25, -0.2) is 4.79 Å². The van der Waals surface area contributed by atoms with E-state index in [-0.39, 0.29) is 18.0 Å². The summed E-state index contributed by atoms with van der Waals surface area (Å²) in [6, 6.07) is 7.88. The van der Waals surface area contributed by atoms with Crippen LogP contribution in [0.4, 0.5) is 4.79 Å². The molecule has 25 heavy (non-hydrogen) atoms. The number of aryl methyl sites for hydroxylation is 2. The van der Waals surface area contributed by atoms with Crippen LogP contribution in [0.25, 0.3) is 0 Å². The number of urea groups is 1. The fourth-order valence-corrected chi connectivity index (χ4v) is 2.85. The molecule has 0 unspecified atom stereocenters. The Kier molecular flexibility index (Phi) is 5.52. The Balaban J connectivity index is 1.89. The Labute approximate surface area is 149 Å². The molecule has 0 saturated heterocycles. The highest BCUT2D eigenvalue weighted by molar-refractivity contribution is 5.74. The van der Waals surface area contributed by atoms with Crippen LogP contribution in [0.15, 0.2) is 36.7 Å². The lowest BCUT2D eigenvalue weighted by atomic mass is 9.82. The van der Waals surface area contributed by atoms with E-state index in [2.05, 4.69) is 48.6 Å². The Morgan fingerprint density at radius 3 is 2.44 bits per heavy atom. The minimum atomic E-state index is -1.17. The van der Waals surface area contributed by atoms with Crippen molar-refractivity contribution in [3.05, 3.63) is 53.3 Å². The van der Waals surface area contributed by atoms with Crippen LogP contribution in [-0.4, -0.2) is 34.0 Å². The predicted molar refractivity (Wildman–Crippen MR) is 98.4 cm³/mol. The van der Waals surface area contributed by atoms with Gasteiger partial charge >= 0.3 is 6.03 Å². The Morgan fingerprint density at radius 2 is 1.84 bits per heavy atom. The van der Waals surface area contributed by atoms with E-state index in [0.717, 1.165) is 0 Å². The first kappa shape index (κ1) is 19.0. The zero-order valence-electron chi connectivity index (χ0n) is 15.6. The normalized spacial score (nSPS) is 14.0. The average molecular weight is 344 g/mol. The number of aliphatic hydroxyl groups is 1. The second kappa shape index (κ2) is 7.27. The smallest absolute Gasteiger partial charge is 0.314 e. The zero-order valence-corrected chi connectivity index (χ0v) is 15.6. The van der Waals surface area contributed by atoms with Crippen molar-refractivity contribution in [1.82, 2.24) is 20.4 Å². The van der Waals surface area contributed by atoms with Crippen LogP contribution in [0.3, 0.4) is 0 Å². The fraction of sp³-hybridized carbons (Fsp3) is 0.474. The molecule has 2 aromatic rings. The summed E-state index contributed by atoms with van der Waals surface area (Å²) in [6.07, 6.45) is 3.34. The first-order valence-corrected chi connectivity index (χ1v) is 8.41. The predicted octanol–water partition coefficient (Wildman–Crippen LogP) is 2.21. The minimum absolute atomic E-state index is 0.106. The SMILES string of the molecule is Cc1ccccc1C(C)(C)CNC(=O)NC[C@](C)(O)c1cnn(C)c1. The van der Waals surface area contributed by atoms with Gasteiger partial charge in [0.1, 0.15) is 5.60 Å². The van der Waals surface area contributed by atoms with Gasteiger partial charge in [-0.2, -0.15) is 5.10 Å². The largest absolute Gasteiger partial charge is 0.383 e. The number of carbonyl (C=O) groups excluding carboxylic acids is 1. The molecule has 0 bridgehead atoms. The maximum Gasteiger partial charge on any atom is 0.314 e. The third kappa shape index (κ3) is 4.82. The van der Waals surface area contributed by atoms with Crippen molar-refractivity contribution in [3.8, 4) is 0 Å². The average Bonchev–Trinajstić information content (AvgIpc) is 2.99. The molecule has 0 fully saturated rings. The number of nitrogens with one attached hydrogen (secondary N) is 2. The molecule has 2 amide bonds. The lowest BCUT2D eigenvalue weighted by Crippen LogP contribution is -2.46. The summed E-state index contributed by atoms with van der Waals surface area (Å²) in [5, 5.41) is 20.2. The summed E-state index contributed by atoms with van der Waals surface area (Å²) in [6.45, 7) is 8.53. The maximum absolute atomic E-state index is 12.1. The number of amides is 2. The number of nitrogens with zero attached hydrogens (tertiary/aromatic N) is 2. The third-order valence-corrected chi connectivity index (χ3v) is 4.49. The standard InChI is InChI=1S/C19H28N4O2/c1-14-8-6-7-9-16(14)18(2,3)12-20-17(24)21-13-19(4,25)15-10-22-23(5)11-15/h6-11,25H,12-13H2,1-5H3,(H2,20,21,24)/t19-/m0/s1. The van der Waals surface area contributed by atoms with Gasteiger partial charge in [0.2, 0.25) is 0 Å². The Bertz CT molecular complexity index is 735. The molecule has 2 rings (SSSR count). The summed E-state index contributed by atoms with van der Waals surface area (Å²) in [5.41, 5.74) is 1.72. The van der Waals surface area contributed by atoms with Gasteiger partial charge in [0, 0.05) is 30.8 Å². The first-order chi connectivity index (χ1) is 11.6. The molecule has 1 aromatic heterocycles. The van der Waals surface area contributed by atoms with Gasteiger partial charge in [-0.1, -0.05) is 38.1 Å². The molecule has 136 valence electrons. The lowest BCUT2D eigenvalue weighted by Gasteiger charge is -2.28. The highest BCUT2D eigenvalue weighted by Gasteiger charge is 2.26. The van der Waals surface area contributed by atoms with Crippen molar-refractivity contribution in [3.63, 3.8) is 0 Å². The van der Waals surface area contributed by atoms with Gasteiger partial charge in [0.15, 0.2) is 0 Å². The molecule has 1 heterocycles. The van der Waals surface area contributed by atoms with E-state index in [0.29, 0.717) is 12.1 Å². The molecule has 6 nitrogen and oxygen atoms in total. The molecular weight excluding hydrogens is 316 g/mol. The number of benzene rings is 1. The Morgan fingerprint density at radius 1 is 1.20 bits per heavy atom. The molecule has 0 saturated carbocycles. The zero-order chi connectivity index (χ0) is 18.7. The van der Waals surface area contributed by atoms with Crippen LogP contribution < -0.4 is 10.6 Å². The summed E-state index contributed by atoms with van der Waals surface area (Å²) >= 11 is 0. The van der Waals surface area contributed by atoms with E-state index in [9.17, 15) is 9.90 Å². The lowest BCUT2D eigenvalue weighted by molar-refractivity contribution is 0.0593. The van der Waals surface area contributed by atoms with Gasteiger partial charge in [0.25, 0.3) is 0 Å². The van der Waals surface area contributed by atoms with E-state index in [1.165, 1.54) is 11.1 Å². The monoisotopic (exact) mass is 344 g/mol. The molecule has 1 atom stereocenters. The second-order valence-corrected chi connectivity index (χ2v) is 7.41. The number of hydrogen-bond acceptors (Lipinski definition) is 3. The van der Waals surface area contributed by atoms with E-state index < -0.39 is 5.60 Å². The van der Waals surface area contributed by atoms with Gasteiger partial charge in [-0.05, 0) is 25.0 Å². The van der Waals surface area contributed by atoms with Crippen molar-refractivity contribution in [1.29, 1.82) is 0 Å². The van der Waals surface area contributed by atoms with Crippen molar-refractivity contribution in [2.45, 2.75) is 38.7 Å². The molecule has 0 radical (unpaired) electrons. The van der Waals surface area contributed by atoms with Crippen LogP contribution in [0.1, 0.15) is 37.5 Å². The topological polar surface area (TPSA) is 79.2 Å². The number of carbonyl (C=O) groups is 1. The molecule has 0 spiro atoms. The maximum atomic E-state index is 12.1. The second-order valence-electron chi connectivity index (χ2n) is 7.41. The van der Waals surface area contributed by atoms with Crippen LogP contribution in [-0.2, 0) is 18.1 Å². The highest BCUT2D eigenvalue weighted by Crippen LogP contribution is 2.25. The molecule has 6 heteroatoms. The van der Waals surface area contributed by atoms with Crippen LogP contribution >= 0.6 is 0 Å². The van der Waals surface area contributed by atoms with E-state index >= 15 is 0 Å². The van der Waals surface area contributed by atoms with Gasteiger partial charge < -0.3 is 15.7 Å². The number of aromatic nitrogens is 2. The fourth-order valence-electron chi connectivity index (χ4n) is 2.85. The molecule has 0 aliphatic carbocycles. The molecule has 1 aromatic carbocycles. The first-order valence-electron chi connectivity index (χ1n) is 8.41. The third-order valence-electron chi connectivity index (χ3n) is 4.49. The molecule has 0 aliphatic rings. The van der Waals surface area contributed by atoms with Crippen molar-refractivity contribution in [2.75, 3.05) is 13.1 Å². The van der Waals surface area contributed by atoms with Gasteiger partial charge in [-0.3, -0.25) is 4.68 Å². The summed E-state index contributed by atoms with van der Waals surface area (Å²) < 4.78 is 1.62. The van der Waals surface area contributed by atoms with Crippen LogP contribution in [0.2, 0.25) is 0 Å². The van der Waals surface area contributed by atoms with Crippen molar-refractivity contribution < 1.29 is 9.90 Å². The number of hydrogen-bond donors (Lipinski definition) is 3. The van der Waals surface area contributed by atoms with Crippen LogP contribution in [0.5, 0.6) is 0 Å². The quantitative estimate of drug-likeness (QED) is 0.752. The Hall–Kier alpha value is -2.34. The van der Waals surface area contributed by atoms with E-state index in [1.807, 2.05) is 12.1 Å². The van der Waals surface area contributed by atoms with Gasteiger partial charge in [0.05, 0.1) is 12.7 Å². The molecular formula is C19H28N4O2. The molecule has 3 N–H and O–H groups in total. The summed E-state index contributed by atoms with van der Waals surface area (Å²) in [7, 11) is 1.79. The minimum Gasteiger partial charge on any atom is -0.383 e. The van der Waals surface area contributed by atoms with Crippen LogP contribution in [0, 0.1) is 6.92 Å². The van der Waals surface area contributed by atoms with E-state index in [4.69, 9.17) is 0 Å².